The number of hydrogen-bond donors (Lipinski definition) is 2. The van der Waals surface area contributed by atoms with Gasteiger partial charge in [0.15, 0.2) is 5.11 Å². The van der Waals surface area contributed by atoms with E-state index in [1.54, 1.807) is 12.1 Å². The minimum atomic E-state index is -0.268. The monoisotopic (exact) mass is 458 g/mol. The van der Waals surface area contributed by atoms with E-state index < -0.39 is 0 Å². The van der Waals surface area contributed by atoms with Gasteiger partial charge in [0.05, 0.1) is 11.4 Å². The quantitative estimate of drug-likeness (QED) is 0.674. The first-order valence-electron chi connectivity index (χ1n) is 10.3. The van der Waals surface area contributed by atoms with E-state index in [1.165, 1.54) is 0 Å². The van der Waals surface area contributed by atoms with Crippen LogP contribution in [0.1, 0.15) is 34.8 Å². The first-order chi connectivity index (χ1) is 14.8. The lowest BCUT2D eigenvalue weighted by atomic mass is 10.1. The zero-order valence-electron chi connectivity index (χ0n) is 18.0. The Labute approximate surface area is 193 Å². The number of nitrogens with zero attached hydrogens (tertiary/aromatic N) is 2. The maximum Gasteiger partial charge on any atom is 0.257 e. The van der Waals surface area contributed by atoms with Crippen LogP contribution in [0.15, 0.2) is 36.4 Å². The average Bonchev–Trinajstić information content (AvgIpc) is 2.75. The average molecular weight is 459 g/mol. The normalized spacial score (nSPS) is 13.7. The summed E-state index contributed by atoms with van der Waals surface area (Å²) in [5, 5.41) is 6.62. The van der Waals surface area contributed by atoms with Crippen molar-refractivity contribution in [1.29, 1.82) is 0 Å². The molecule has 1 saturated heterocycles. The van der Waals surface area contributed by atoms with Crippen LogP contribution in [0.3, 0.4) is 0 Å². The molecular weight excluding hydrogens is 432 g/mol. The van der Waals surface area contributed by atoms with Crippen molar-refractivity contribution in [3.8, 4) is 0 Å². The topological polar surface area (TPSA) is 64.7 Å². The highest BCUT2D eigenvalue weighted by Crippen LogP contribution is 2.30. The molecule has 1 aliphatic heterocycles. The van der Waals surface area contributed by atoms with Crippen LogP contribution in [0.2, 0.25) is 5.02 Å². The molecule has 2 aromatic rings. The number of carbonyl (C=O) groups is 2. The maximum absolute atomic E-state index is 12.6. The molecule has 2 aromatic carbocycles. The van der Waals surface area contributed by atoms with E-state index in [0.29, 0.717) is 48.9 Å². The van der Waals surface area contributed by atoms with Gasteiger partial charge < -0.3 is 15.1 Å². The number of amides is 2. The number of thiocarbonyl (C=S) groups is 1. The SMILES string of the molecule is CCC(=O)N1CCN(c2ccc(Cl)cc2NC(=S)NC(=O)c2ccc(C)c(C)c2)CC1. The molecule has 1 heterocycles. The van der Waals surface area contributed by atoms with Crippen LogP contribution in [0.5, 0.6) is 0 Å². The number of nitrogens with one attached hydrogen (secondary N) is 2. The number of benzene rings is 2. The molecular formula is C23H27ClN4O2S. The van der Waals surface area contributed by atoms with Gasteiger partial charge >= 0.3 is 0 Å². The summed E-state index contributed by atoms with van der Waals surface area (Å²) < 4.78 is 0. The third-order valence-electron chi connectivity index (χ3n) is 5.48. The molecule has 2 amide bonds. The third kappa shape index (κ3) is 5.74. The van der Waals surface area contributed by atoms with Crippen LogP contribution in [0, 0.1) is 13.8 Å². The molecule has 1 aliphatic rings. The van der Waals surface area contributed by atoms with Crippen molar-refractivity contribution in [3.63, 3.8) is 0 Å². The number of aryl methyl sites for hydroxylation is 2. The highest BCUT2D eigenvalue weighted by molar-refractivity contribution is 7.80. The Morgan fingerprint density at radius 2 is 1.74 bits per heavy atom. The Kier molecular flexibility index (Phi) is 7.51. The van der Waals surface area contributed by atoms with E-state index >= 15 is 0 Å². The van der Waals surface area contributed by atoms with Crippen LogP contribution >= 0.6 is 23.8 Å². The predicted molar refractivity (Wildman–Crippen MR) is 130 cm³/mol. The van der Waals surface area contributed by atoms with Crippen molar-refractivity contribution in [2.24, 2.45) is 0 Å². The molecule has 3 rings (SSSR count). The number of hydrogen-bond acceptors (Lipinski definition) is 4. The summed E-state index contributed by atoms with van der Waals surface area (Å²) in [5.74, 6) is -0.0970. The zero-order chi connectivity index (χ0) is 22.5. The van der Waals surface area contributed by atoms with Crippen molar-refractivity contribution in [1.82, 2.24) is 10.2 Å². The summed E-state index contributed by atoms with van der Waals surface area (Å²) >= 11 is 11.6. The van der Waals surface area contributed by atoms with Crippen molar-refractivity contribution in [3.05, 3.63) is 58.1 Å². The van der Waals surface area contributed by atoms with Gasteiger partial charge in [-0.25, -0.2) is 0 Å². The molecule has 164 valence electrons. The molecule has 0 aromatic heterocycles. The first-order valence-corrected chi connectivity index (χ1v) is 11.1. The molecule has 0 aliphatic carbocycles. The van der Waals surface area contributed by atoms with Crippen molar-refractivity contribution < 1.29 is 9.59 Å². The highest BCUT2D eigenvalue weighted by Gasteiger charge is 2.22. The summed E-state index contributed by atoms with van der Waals surface area (Å²) in [4.78, 5) is 28.6. The fourth-order valence-corrected chi connectivity index (χ4v) is 3.89. The largest absolute Gasteiger partial charge is 0.366 e. The minimum absolute atomic E-state index is 0.171. The number of rotatable bonds is 4. The number of piperazine rings is 1. The van der Waals surface area contributed by atoms with Crippen molar-refractivity contribution in [2.75, 3.05) is 36.4 Å². The molecule has 0 bridgehead atoms. The Bertz CT molecular complexity index is 1000. The molecule has 1 fully saturated rings. The number of halogens is 1. The third-order valence-corrected chi connectivity index (χ3v) is 5.92. The Morgan fingerprint density at radius 3 is 2.39 bits per heavy atom. The molecule has 0 saturated carbocycles. The Morgan fingerprint density at radius 1 is 1.03 bits per heavy atom. The van der Waals surface area contributed by atoms with Crippen LogP contribution in [0.25, 0.3) is 0 Å². The molecule has 0 spiro atoms. The van der Waals surface area contributed by atoms with Crippen LogP contribution in [-0.2, 0) is 4.79 Å². The van der Waals surface area contributed by atoms with Crippen molar-refractivity contribution in [2.45, 2.75) is 27.2 Å². The molecule has 0 unspecified atom stereocenters. The second-order valence-corrected chi connectivity index (χ2v) is 8.43. The Balaban J connectivity index is 1.69. The first kappa shape index (κ1) is 23.0. The van der Waals surface area contributed by atoms with E-state index in [4.69, 9.17) is 23.8 Å². The molecule has 6 nitrogen and oxygen atoms in total. The van der Waals surface area contributed by atoms with Gasteiger partial charge in [0.2, 0.25) is 5.91 Å². The lowest BCUT2D eigenvalue weighted by Gasteiger charge is -2.37. The van der Waals surface area contributed by atoms with E-state index in [0.717, 1.165) is 16.8 Å². The molecule has 2 N–H and O–H groups in total. The Hall–Kier alpha value is -2.64. The van der Waals surface area contributed by atoms with Crippen LogP contribution < -0.4 is 15.5 Å². The lowest BCUT2D eigenvalue weighted by Crippen LogP contribution is -2.48. The van der Waals surface area contributed by atoms with Gasteiger partial charge in [-0.05, 0) is 67.5 Å². The number of carbonyl (C=O) groups excluding carboxylic acids is 2. The smallest absolute Gasteiger partial charge is 0.257 e. The van der Waals surface area contributed by atoms with Gasteiger partial charge in [-0.1, -0.05) is 24.6 Å². The number of anilines is 2. The van der Waals surface area contributed by atoms with Gasteiger partial charge in [0, 0.05) is 43.2 Å². The lowest BCUT2D eigenvalue weighted by molar-refractivity contribution is -0.131. The van der Waals surface area contributed by atoms with Crippen molar-refractivity contribution >= 4 is 52.1 Å². The highest BCUT2D eigenvalue weighted by atomic mass is 35.5. The maximum atomic E-state index is 12.6. The van der Waals surface area contributed by atoms with Crippen LogP contribution in [0.4, 0.5) is 11.4 Å². The summed E-state index contributed by atoms with van der Waals surface area (Å²) in [5.41, 5.74) is 4.37. The van der Waals surface area contributed by atoms with Gasteiger partial charge in [0.1, 0.15) is 0 Å². The summed E-state index contributed by atoms with van der Waals surface area (Å²) in [6.45, 7) is 8.61. The van der Waals surface area contributed by atoms with Gasteiger partial charge in [-0.3, -0.25) is 14.9 Å². The fourth-order valence-electron chi connectivity index (χ4n) is 3.52. The van der Waals surface area contributed by atoms with E-state index in [9.17, 15) is 9.59 Å². The fraction of sp³-hybridized carbons (Fsp3) is 0.348. The van der Waals surface area contributed by atoms with E-state index in [2.05, 4.69) is 15.5 Å². The van der Waals surface area contributed by atoms with Gasteiger partial charge in [0.25, 0.3) is 5.91 Å². The standard InChI is InChI=1S/C23H27ClN4O2S/c1-4-21(29)28-11-9-27(10-12-28)20-8-7-18(24)14-19(20)25-23(31)26-22(30)17-6-5-15(2)16(3)13-17/h5-8,13-14H,4,9-12H2,1-3H3,(H2,25,26,30,31). The second-order valence-electron chi connectivity index (χ2n) is 7.59. The predicted octanol–water partition coefficient (Wildman–Crippen LogP) is 4.14. The molecule has 0 radical (unpaired) electrons. The second kappa shape index (κ2) is 10.1. The molecule has 0 atom stereocenters. The van der Waals surface area contributed by atoms with Gasteiger partial charge in [-0.15, -0.1) is 0 Å². The summed E-state index contributed by atoms with van der Waals surface area (Å²) in [6, 6.07) is 11.1. The summed E-state index contributed by atoms with van der Waals surface area (Å²) in [7, 11) is 0. The molecule has 31 heavy (non-hydrogen) atoms. The van der Waals surface area contributed by atoms with Gasteiger partial charge in [-0.2, -0.15) is 0 Å². The van der Waals surface area contributed by atoms with E-state index in [-0.39, 0.29) is 16.9 Å². The summed E-state index contributed by atoms with van der Waals surface area (Å²) in [6.07, 6.45) is 0.516. The minimum Gasteiger partial charge on any atom is -0.366 e. The molecule has 8 heteroatoms. The van der Waals surface area contributed by atoms with E-state index in [1.807, 2.05) is 49.9 Å². The van der Waals surface area contributed by atoms with Crippen LogP contribution in [-0.4, -0.2) is 48.0 Å². The zero-order valence-corrected chi connectivity index (χ0v) is 19.6.